The number of Topliss-reactive ketones (excluding diaryl/α,β-unsaturated/α-hetero) is 1. The lowest BCUT2D eigenvalue weighted by Gasteiger charge is -2.36. The first kappa shape index (κ1) is 38.5. The molecule has 0 fully saturated rings. The number of ketones is 1. The quantitative estimate of drug-likeness (QED) is 0.104. The Hall–Kier alpha value is -5.76. The molecule has 0 saturated carbocycles. The summed E-state index contributed by atoms with van der Waals surface area (Å²) in [5, 5.41) is 16.2. The Balaban J connectivity index is 0.957. The minimum absolute atomic E-state index is 0.0346. The summed E-state index contributed by atoms with van der Waals surface area (Å²) >= 11 is 1.64. The molecule has 0 saturated heterocycles. The van der Waals surface area contributed by atoms with Crippen molar-refractivity contribution in [2.75, 3.05) is 31.6 Å². The van der Waals surface area contributed by atoms with Crippen molar-refractivity contribution in [3.05, 3.63) is 116 Å². The van der Waals surface area contributed by atoms with Crippen LogP contribution in [-0.2, 0) is 33.0 Å². The Labute approximate surface area is 324 Å². The summed E-state index contributed by atoms with van der Waals surface area (Å²) in [6.07, 6.45) is -0.213. The summed E-state index contributed by atoms with van der Waals surface area (Å²) in [6, 6.07) is 23.7. The monoisotopic (exact) mass is 783 g/mol. The predicted octanol–water partition coefficient (Wildman–Crippen LogP) is 6.71. The van der Waals surface area contributed by atoms with E-state index in [0.717, 1.165) is 44.8 Å². The highest BCUT2D eigenvalue weighted by molar-refractivity contribution is 7.19. The molecule has 14 heteroatoms. The second-order valence-electron chi connectivity index (χ2n) is 14.5. The summed E-state index contributed by atoms with van der Waals surface area (Å²) < 4.78 is 50.5. The number of hydrogen-bond acceptors (Lipinski definition) is 8. The number of benzene rings is 3. The van der Waals surface area contributed by atoms with Crippen molar-refractivity contribution in [2.24, 2.45) is 13.0 Å². The Morgan fingerprint density at radius 1 is 1.07 bits per heavy atom. The SMILES string of the molecule is CN(CCCC(=O)OCC[N+]1=C(CC2C(=O)C(c3c(C(F)(F)F)[nH]n(C)c3=O)=C2[O-])C(C)(C)c2ccccc21)c1ccc(/C=C/c2nc3ccccc3s2)cc1. The minimum atomic E-state index is -4.97. The molecule has 0 bridgehead atoms. The van der Waals surface area contributed by atoms with Crippen molar-refractivity contribution in [1.29, 1.82) is 0 Å². The van der Waals surface area contributed by atoms with E-state index in [0.29, 0.717) is 23.4 Å². The zero-order valence-corrected chi connectivity index (χ0v) is 32.1. The van der Waals surface area contributed by atoms with Crippen molar-refractivity contribution in [1.82, 2.24) is 14.8 Å². The van der Waals surface area contributed by atoms with Crippen molar-refractivity contribution in [3.63, 3.8) is 0 Å². The first-order chi connectivity index (χ1) is 26.6. The third kappa shape index (κ3) is 7.32. The highest BCUT2D eigenvalue weighted by atomic mass is 32.1. The van der Waals surface area contributed by atoms with Gasteiger partial charge in [0.05, 0.1) is 21.2 Å². The van der Waals surface area contributed by atoms with E-state index in [-0.39, 0.29) is 32.0 Å². The zero-order chi connectivity index (χ0) is 39.9. The van der Waals surface area contributed by atoms with Gasteiger partial charge >= 0.3 is 12.1 Å². The minimum Gasteiger partial charge on any atom is -0.874 e. The van der Waals surface area contributed by atoms with Gasteiger partial charge in [-0.05, 0) is 56.2 Å². The summed E-state index contributed by atoms with van der Waals surface area (Å²) in [5.74, 6) is -3.21. The number of allylic oxidation sites excluding steroid dienone is 2. The van der Waals surface area contributed by atoms with E-state index in [9.17, 15) is 32.7 Å². The van der Waals surface area contributed by atoms with Gasteiger partial charge in [0.25, 0.3) is 5.56 Å². The van der Waals surface area contributed by atoms with E-state index in [1.165, 1.54) is 0 Å². The fourth-order valence-corrected chi connectivity index (χ4v) is 8.37. The molecule has 2 aliphatic rings. The number of esters is 1. The van der Waals surface area contributed by atoms with Crippen molar-refractivity contribution >= 4 is 68.1 Å². The average Bonchev–Trinajstić information content (AvgIpc) is 3.79. The molecule has 1 aliphatic heterocycles. The summed E-state index contributed by atoms with van der Waals surface area (Å²) in [6.45, 7) is 4.79. The molecule has 7 rings (SSSR count). The zero-order valence-electron chi connectivity index (χ0n) is 31.3. The smallest absolute Gasteiger partial charge is 0.433 e. The Morgan fingerprint density at radius 2 is 1.79 bits per heavy atom. The van der Waals surface area contributed by atoms with Gasteiger partial charge < -0.3 is 14.7 Å². The Morgan fingerprint density at radius 3 is 2.50 bits per heavy atom. The molecule has 0 amide bonds. The maximum Gasteiger partial charge on any atom is 0.433 e. The second kappa shape index (κ2) is 15.1. The lowest BCUT2D eigenvalue weighted by molar-refractivity contribution is -0.443. The Bertz CT molecular complexity index is 2460. The largest absolute Gasteiger partial charge is 0.874 e. The number of anilines is 1. The molecule has 1 aliphatic carbocycles. The van der Waals surface area contributed by atoms with E-state index in [4.69, 9.17) is 4.74 Å². The number of aromatic nitrogens is 3. The third-order valence-corrected chi connectivity index (χ3v) is 11.5. The molecule has 5 aromatic rings. The van der Waals surface area contributed by atoms with E-state index in [2.05, 4.69) is 16.0 Å². The number of carbonyl (C=O) groups excluding carboxylic acids is 2. The molecule has 290 valence electrons. The number of nitrogens with one attached hydrogen (secondary N) is 1. The van der Waals surface area contributed by atoms with Gasteiger partial charge in [0.15, 0.2) is 24.6 Å². The number of fused-ring (bicyclic) bond motifs is 2. The third-order valence-electron chi connectivity index (χ3n) is 10.5. The summed E-state index contributed by atoms with van der Waals surface area (Å²) in [5.41, 5.74) is 0.670. The number of para-hydroxylation sites is 2. The topological polar surface area (TPSA) is 123 Å². The van der Waals surface area contributed by atoms with Gasteiger partial charge in [-0.15, -0.1) is 17.1 Å². The number of halogens is 3. The predicted molar refractivity (Wildman–Crippen MR) is 209 cm³/mol. The van der Waals surface area contributed by atoms with Gasteiger partial charge in [0.1, 0.15) is 10.7 Å². The standard InChI is InChI=1S/C42H40F3N5O5S/c1-41(2)28-10-5-7-12-30(28)50(32(41)24-27-37(52)35(38(27)53)36-39(42(43,44)45)47-49(4)40(36)54)22-23-55-34(51)14-9-21-48(3)26-18-15-25(16-19-26)17-20-33-46-29-11-6-8-13-31(29)56-33/h5-8,10-13,15-20,27H,9,14,21-24H2,1-4H3,(H-,47,52,53,54)/b20-17+. The van der Waals surface area contributed by atoms with Gasteiger partial charge in [-0.25, -0.2) is 4.98 Å². The van der Waals surface area contributed by atoms with Gasteiger partial charge in [-0.1, -0.05) is 48.5 Å². The second-order valence-corrected chi connectivity index (χ2v) is 15.6. The van der Waals surface area contributed by atoms with Crippen LogP contribution in [0.4, 0.5) is 24.5 Å². The number of rotatable bonds is 13. The maximum absolute atomic E-state index is 13.7. The van der Waals surface area contributed by atoms with Crippen LogP contribution in [0.3, 0.4) is 0 Å². The number of thiazole rings is 1. The van der Waals surface area contributed by atoms with Crippen molar-refractivity contribution in [2.45, 2.75) is 44.7 Å². The number of nitrogens with zero attached hydrogens (tertiary/aromatic N) is 4. The molecule has 0 radical (unpaired) electrons. The van der Waals surface area contributed by atoms with E-state index in [1.807, 2.05) is 109 Å². The molecule has 3 heterocycles. The van der Waals surface area contributed by atoms with Gasteiger partial charge in [0, 0.05) is 62.3 Å². The summed E-state index contributed by atoms with van der Waals surface area (Å²) in [7, 11) is 3.06. The molecule has 10 nitrogen and oxygen atoms in total. The molecule has 2 aromatic heterocycles. The van der Waals surface area contributed by atoms with Gasteiger partial charge in [-0.2, -0.15) is 17.7 Å². The van der Waals surface area contributed by atoms with Crippen LogP contribution in [0.1, 0.15) is 60.5 Å². The number of aromatic amines is 1. The van der Waals surface area contributed by atoms with Crippen molar-refractivity contribution < 1.29 is 37.2 Å². The van der Waals surface area contributed by atoms with Crippen LogP contribution in [0.25, 0.3) is 27.9 Å². The number of carbonyl (C=O) groups is 2. The van der Waals surface area contributed by atoms with Crippen LogP contribution < -0.4 is 15.6 Å². The molecule has 0 spiro atoms. The Kier molecular flexibility index (Phi) is 10.4. The van der Waals surface area contributed by atoms with Crippen LogP contribution in [0, 0.1) is 5.92 Å². The highest BCUT2D eigenvalue weighted by Gasteiger charge is 2.50. The normalized spacial score (nSPS) is 16.6. The van der Waals surface area contributed by atoms with Crippen LogP contribution in [0.15, 0.2) is 83.4 Å². The number of alkyl halides is 3. The van der Waals surface area contributed by atoms with Crippen LogP contribution in [0.2, 0.25) is 0 Å². The van der Waals surface area contributed by atoms with E-state index >= 15 is 0 Å². The molecule has 1 unspecified atom stereocenters. The first-order valence-corrected chi connectivity index (χ1v) is 19.0. The molecular weight excluding hydrogens is 744 g/mol. The highest BCUT2D eigenvalue weighted by Crippen LogP contribution is 2.45. The molecular formula is C42H40F3N5O5S. The van der Waals surface area contributed by atoms with Gasteiger partial charge in [0.2, 0.25) is 5.69 Å². The lowest BCUT2D eigenvalue weighted by atomic mass is 9.71. The van der Waals surface area contributed by atoms with Crippen molar-refractivity contribution in [3.8, 4) is 0 Å². The fourth-order valence-electron chi connectivity index (χ4n) is 7.50. The molecule has 1 N–H and O–H groups in total. The number of hydrogen-bond donors (Lipinski definition) is 1. The summed E-state index contributed by atoms with van der Waals surface area (Å²) in [4.78, 5) is 45.5. The van der Waals surface area contributed by atoms with Crippen LogP contribution in [0.5, 0.6) is 0 Å². The van der Waals surface area contributed by atoms with Gasteiger partial charge in [-0.3, -0.25) is 24.2 Å². The van der Waals surface area contributed by atoms with E-state index in [1.54, 1.807) is 11.3 Å². The lowest BCUT2D eigenvalue weighted by Crippen LogP contribution is -2.43. The maximum atomic E-state index is 13.7. The molecule has 56 heavy (non-hydrogen) atoms. The first-order valence-electron chi connectivity index (χ1n) is 18.2. The number of H-pyrrole nitrogens is 1. The molecule has 1 atom stereocenters. The van der Waals surface area contributed by atoms with Crippen LogP contribution in [-0.4, -0.2) is 63.5 Å². The van der Waals surface area contributed by atoms with E-state index < -0.39 is 51.4 Å². The molecule has 3 aromatic carbocycles. The fraction of sp³-hybridized carbons (Fsp3) is 0.310. The van der Waals surface area contributed by atoms with Crippen LogP contribution >= 0.6 is 11.3 Å². The number of aryl methyl sites for hydroxylation is 1. The number of ether oxygens (including phenoxy) is 1. The average molecular weight is 784 g/mol.